The van der Waals surface area contributed by atoms with E-state index in [9.17, 15) is 10.1 Å². The van der Waals surface area contributed by atoms with Crippen molar-refractivity contribution >= 4 is 22.5 Å². The van der Waals surface area contributed by atoms with E-state index in [1.807, 2.05) is 62.4 Å². The van der Waals surface area contributed by atoms with Crippen molar-refractivity contribution in [2.24, 2.45) is 0 Å². The predicted molar refractivity (Wildman–Crippen MR) is 115 cm³/mol. The molecule has 0 saturated carbocycles. The quantitative estimate of drug-likeness (QED) is 0.533. The number of nitriles is 1. The lowest BCUT2D eigenvalue weighted by molar-refractivity contribution is -0.118. The van der Waals surface area contributed by atoms with E-state index in [1.54, 1.807) is 0 Å². The summed E-state index contributed by atoms with van der Waals surface area (Å²) in [7, 11) is 0. The number of hydrogen-bond donors (Lipinski definition) is 1. The highest BCUT2D eigenvalue weighted by atomic mass is 16.5. The molecule has 148 valence electrons. The standard InChI is InChI=1S/C24H25N3O2/c1-3-29-22-9-10-23-19(15-22)14-20(16-25)24(27-23)26-11-5-8-21(28)13-18-7-4-6-17(2)12-18/h4,6-7,9-10,12,14-15H,3,5,8,11,13H2,1-2H3,(H,26,27). The van der Waals surface area contributed by atoms with Crippen LogP contribution in [-0.4, -0.2) is 23.9 Å². The third-order valence-corrected chi connectivity index (χ3v) is 4.63. The lowest BCUT2D eigenvalue weighted by atomic mass is 10.0. The second-order valence-corrected chi connectivity index (χ2v) is 7.02. The van der Waals surface area contributed by atoms with Gasteiger partial charge in [-0.1, -0.05) is 29.8 Å². The van der Waals surface area contributed by atoms with E-state index in [0.29, 0.717) is 43.8 Å². The molecule has 3 rings (SSSR count). The van der Waals surface area contributed by atoms with Crippen molar-refractivity contribution < 1.29 is 9.53 Å². The number of ether oxygens (including phenoxy) is 1. The summed E-state index contributed by atoms with van der Waals surface area (Å²) in [5.74, 6) is 1.53. The summed E-state index contributed by atoms with van der Waals surface area (Å²) in [6, 6.07) is 17.7. The number of Topliss-reactive ketones (excluding diaryl/α,β-unsaturated/α-hetero) is 1. The molecule has 0 bridgehead atoms. The van der Waals surface area contributed by atoms with Crippen molar-refractivity contribution in [3.05, 3.63) is 65.2 Å². The molecule has 5 nitrogen and oxygen atoms in total. The van der Waals surface area contributed by atoms with E-state index >= 15 is 0 Å². The van der Waals surface area contributed by atoms with Gasteiger partial charge in [0, 0.05) is 24.8 Å². The van der Waals surface area contributed by atoms with E-state index in [4.69, 9.17) is 4.74 Å². The van der Waals surface area contributed by atoms with Gasteiger partial charge in [0.15, 0.2) is 0 Å². The van der Waals surface area contributed by atoms with Crippen LogP contribution in [0.2, 0.25) is 0 Å². The number of fused-ring (bicyclic) bond motifs is 1. The fourth-order valence-electron chi connectivity index (χ4n) is 3.26. The predicted octanol–water partition coefficient (Wildman–Crippen LogP) is 4.82. The summed E-state index contributed by atoms with van der Waals surface area (Å²) in [6.07, 6.45) is 1.65. The van der Waals surface area contributed by atoms with Crippen LogP contribution < -0.4 is 10.1 Å². The minimum atomic E-state index is 0.216. The number of pyridine rings is 1. The lowest BCUT2D eigenvalue weighted by Gasteiger charge is -2.10. The van der Waals surface area contributed by atoms with Crippen LogP contribution in [0.4, 0.5) is 5.82 Å². The number of nitrogens with zero attached hydrogens (tertiary/aromatic N) is 2. The first-order valence-corrected chi connectivity index (χ1v) is 9.88. The van der Waals surface area contributed by atoms with Gasteiger partial charge >= 0.3 is 0 Å². The van der Waals surface area contributed by atoms with Gasteiger partial charge < -0.3 is 10.1 Å². The molecule has 1 N–H and O–H groups in total. The number of aromatic nitrogens is 1. The molecular formula is C24H25N3O2. The van der Waals surface area contributed by atoms with Crippen molar-refractivity contribution in [2.75, 3.05) is 18.5 Å². The number of nitrogens with one attached hydrogen (secondary N) is 1. The largest absolute Gasteiger partial charge is 0.494 e. The molecule has 1 heterocycles. The second-order valence-electron chi connectivity index (χ2n) is 7.02. The van der Waals surface area contributed by atoms with Crippen molar-refractivity contribution in [2.45, 2.75) is 33.1 Å². The fraction of sp³-hybridized carbons (Fsp3) is 0.292. The Balaban J connectivity index is 1.57. The number of hydrogen-bond acceptors (Lipinski definition) is 5. The molecule has 5 heteroatoms. The molecule has 0 radical (unpaired) electrons. The zero-order valence-electron chi connectivity index (χ0n) is 16.9. The summed E-state index contributed by atoms with van der Waals surface area (Å²) < 4.78 is 5.51. The summed E-state index contributed by atoms with van der Waals surface area (Å²) in [4.78, 5) is 16.8. The van der Waals surface area contributed by atoms with Crippen LogP contribution in [0.5, 0.6) is 5.75 Å². The van der Waals surface area contributed by atoms with E-state index in [1.165, 1.54) is 0 Å². The van der Waals surface area contributed by atoms with E-state index in [0.717, 1.165) is 27.8 Å². The highest BCUT2D eigenvalue weighted by molar-refractivity contribution is 5.84. The average molecular weight is 387 g/mol. The van der Waals surface area contributed by atoms with Gasteiger partial charge in [0.25, 0.3) is 0 Å². The van der Waals surface area contributed by atoms with Crippen molar-refractivity contribution in [3.8, 4) is 11.8 Å². The summed E-state index contributed by atoms with van der Waals surface area (Å²) in [6.45, 7) is 5.14. The molecule has 0 saturated heterocycles. The number of carbonyl (C=O) groups excluding carboxylic acids is 1. The summed E-state index contributed by atoms with van der Waals surface area (Å²) in [5, 5.41) is 13.5. The first-order valence-electron chi connectivity index (χ1n) is 9.88. The molecule has 0 aliphatic rings. The first kappa shape index (κ1) is 20.3. The molecule has 1 aromatic heterocycles. The van der Waals surface area contributed by atoms with Crippen LogP contribution in [0.15, 0.2) is 48.5 Å². The van der Waals surface area contributed by atoms with Crippen molar-refractivity contribution in [1.29, 1.82) is 5.26 Å². The third-order valence-electron chi connectivity index (χ3n) is 4.63. The van der Waals surface area contributed by atoms with E-state index < -0.39 is 0 Å². The number of ketones is 1. The minimum Gasteiger partial charge on any atom is -0.494 e. The Labute approximate surface area is 171 Å². The monoisotopic (exact) mass is 387 g/mol. The Kier molecular flexibility index (Phi) is 6.80. The first-order chi connectivity index (χ1) is 14.1. The van der Waals surface area contributed by atoms with Gasteiger partial charge in [-0.2, -0.15) is 5.26 Å². The topological polar surface area (TPSA) is 75.0 Å². The number of benzene rings is 2. The molecule has 0 fully saturated rings. The molecule has 0 aliphatic heterocycles. The normalized spacial score (nSPS) is 10.5. The highest BCUT2D eigenvalue weighted by Crippen LogP contribution is 2.24. The average Bonchev–Trinajstić information content (AvgIpc) is 2.71. The van der Waals surface area contributed by atoms with Crippen LogP contribution in [0.25, 0.3) is 10.9 Å². The van der Waals surface area contributed by atoms with Gasteiger partial charge in [-0.15, -0.1) is 0 Å². The summed E-state index contributed by atoms with van der Waals surface area (Å²) in [5.41, 5.74) is 3.50. The van der Waals surface area contributed by atoms with Crippen LogP contribution in [0, 0.1) is 18.3 Å². The van der Waals surface area contributed by atoms with Gasteiger partial charge in [-0.05, 0) is 50.1 Å². The highest BCUT2D eigenvalue weighted by Gasteiger charge is 2.09. The van der Waals surface area contributed by atoms with Crippen LogP contribution in [0.3, 0.4) is 0 Å². The minimum absolute atomic E-state index is 0.216. The second kappa shape index (κ2) is 9.70. The summed E-state index contributed by atoms with van der Waals surface area (Å²) >= 11 is 0. The zero-order valence-corrected chi connectivity index (χ0v) is 16.9. The smallest absolute Gasteiger partial charge is 0.144 e. The number of carbonyl (C=O) groups is 1. The molecule has 2 aromatic carbocycles. The fourth-order valence-corrected chi connectivity index (χ4v) is 3.26. The maximum atomic E-state index is 12.2. The lowest BCUT2D eigenvalue weighted by Crippen LogP contribution is -2.09. The van der Waals surface area contributed by atoms with Gasteiger partial charge in [0.1, 0.15) is 23.4 Å². The van der Waals surface area contributed by atoms with E-state index in [-0.39, 0.29) is 5.78 Å². The molecule has 3 aromatic rings. The SMILES string of the molecule is CCOc1ccc2nc(NCCCC(=O)Cc3cccc(C)c3)c(C#N)cc2c1. The molecule has 0 aliphatic carbocycles. The third kappa shape index (κ3) is 5.55. The molecule has 0 unspecified atom stereocenters. The van der Waals surface area contributed by atoms with Crippen LogP contribution in [-0.2, 0) is 11.2 Å². The van der Waals surface area contributed by atoms with Gasteiger partial charge in [-0.25, -0.2) is 4.98 Å². The van der Waals surface area contributed by atoms with Gasteiger partial charge in [-0.3, -0.25) is 4.79 Å². The Morgan fingerprint density at radius 2 is 2.07 bits per heavy atom. The molecule has 0 amide bonds. The Morgan fingerprint density at radius 3 is 2.83 bits per heavy atom. The van der Waals surface area contributed by atoms with Gasteiger partial charge in [0.05, 0.1) is 17.7 Å². The molecular weight excluding hydrogens is 362 g/mol. The zero-order chi connectivity index (χ0) is 20.6. The Morgan fingerprint density at radius 1 is 1.21 bits per heavy atom. The maximum absolute atomic E-state index is 12.2. The molecule has 0 spiro atoms. The number of aryl methyl sites for hydroxylation is 1. The molecule has 0 atom stereocenters. The van der Waals surface area contributed by atoms with Crippen LogP contribution in [0.1, 0.15) is 36.5 Å². The Bertz CT molecular complexity index is 1050. The van der Waals surface area contributed by atoms with E-state index in [2.05, 4.69) is 16.4 Å². The maximum Gasteiger partial charge on any atom is 0.144 e. The Hall–Kier alpha value is -3.39. The number of rotatable bonds is 9. The van der Waals surface area contributed by atoms with Crippen molar-refractivity contribution in [1.82, 2.24) is 4.98 Å². The molecule has 29 heavy (non-hydrogen) atoms. The van der Waals surface area contributed by atoms with Crippen LogP contribution >= 0.6 is 0 Å². The number of anilines is 1. The van der Waals surface area contributed by atoms with Gasteiger partial charge in [0.2, 0.25) is 0 Å². The van der Waals surface area contributed by atoms with Crippen molar-refractivity contribution in [3.63, 3.8) is 0 Å².